The molecule has 1 aromatic rings. The first-order valence-corrected chi connectivity index (χ1v) is 6.40. The number of ether oxygens (including phenoxy) is 1. The molecule has 0 saturated heterocycles. The van der Waals surface area contributed by atoms with Crippen LogP contribution < -0.4 is 5.32 Å². The van der Waals surface area contributed by atoms with E-state index in [1.54, 1.807) is 0 Å². The lowest BCUT2D eigenvalue weighted by molar-refractivity contribution is -0.138. The van der Waals surface area contributed by atoms with Gasteiger partial charge in [-0.1, -0.05) is 24.3 Å². The average Bonchev–Trinajstić information content (AvgIpc) is 2.40. The number of benzene rings is 1. The Balaban J connectivity index is 2.43. The van der Waals surface area contributed by atoms with E-state index in [0.717, 1.165) is 24.1 Å². The van der Waals surface area contributed by atoms with Crippen molar-refractivity contribution in [2.45, 2.75) is 20.3 Å². The van der Waals surface area contributed by atoms with E-state index < -0.39 is 0 Å². The molecule has 0 atom stereocenters. The Morgan fingerprint density at radius 1 is 1.39 bits per heavy atom. The fourth-order valence-electron chi connectivity index (χ4n) is 2.31. The molecule has 0 unspecified atom stereocenters. The summed E-state index contributed by atoms with van der Waals surface area (Å²) in [7, 11) is 0. The first-order valence-electron chi connectivity index (χ1n) is 6.40. The molecule has 0 bridgehead atoms. The molecule has 1 heterocycles. The highest BCUT2D eigenvalue weighted by Gasteiger charge is 2.21. The maximum atomic E-state index is 12.0. The molecule has 0 aliphatic carbocycles. The summed E-state index contributed by atoms with van der Waals surface area (Å²) in [6.07, 6.45) is 0.874. The Bertz CT molecular complexity index is 477. The molecule has 1 aromatic carbocycles. The van der Waals surface area contributed by atoms with Crippen molar-refractivity contribution in [3.63, 3.8) is 0 Å². The normalized spacial score (nSPS) is 15.7. The zero-order chi connectivity index (χ0) is 13.0. The number of rotatable bonds is 3. The van der Waals surface area contributed by atoms with Crippen LogP contribution >= 0.6 is 0 Å². The topological polar surface area (TPSA) is 38.3 Å². The van der Waals surface area contributed by atoms with Crippen molar-refractivity contribution < 1.29 is 9.53 Å². The van der Waals surface area contributed by atoms with Crippen LogP contribution in [0.2, 0.25) is 0 Å². The molecule has 0 fully saturated rings. The van der Waals surface area contributed by atoms with Gasteiger partial charge in [0.15, 0.2) is 0 Å². The second-order valence-corrected chi connectivity index (χ2v) is 4.42. The molecule has 0 saturated carbocycles. The summed E-state index contributed by atoms with van der Waals surface area (Å²) in [6.45, 7) is 5.84. The van der Waals surface area contributed by atoms with Crippen molar-refractivity contribution in [1.82, 2.24) is 5.32 Å². The molecular weight excluding hydrogens is 226 g/mol. The standard InChI is InChI=1S/C15H19NO2/c1-3-18-15(17)14-10-16-9-8-13(14)12-7-5-4-6-11(12)2/h4-7,16H,3,8-10H2,1-2H3. The minimum Gasteiger partial charge on any atom is -0.463 e. The summed E-state index contributed by atoms with van der Waals surface area (Å²) >= 11 is 0. The predicted molar refractivity (Wildman–Crippen MR) is 72.2 cm³/mol. The van der Waals surface area contributed by atoms with Gasteiger partial charge in [0.25, 0.3) is 0 Å². The zero-order valence-corrected chi connectivity index (χ0v) is 11.0. The number of hydrogen-bond acceptors (Lipinski definition) is 3. The third-order valence-electron chi connectivity index (χ3n) is 3.21. The number of aryl methyl sites for hydroxylation is 1. The van der Waals surface area contributed by atoms with E-state index in [-0.39, 0.29) is 5.97 Å². The van der Waals surface area contributed by atoms with Gasteiger partial charge >= 0.3 is 5.97 Å². The molecule has 0 aromatic heterocycles. The van der Waals surface area contributed by atoms with Gasteiger partial charge < -0.3 is 10.1 Å². The Kier molecular flexibility index (Phi) is 4.15. The molecule has 0 amide bonds. The van der Waals surface area contributed by atoms with Crippen LogP contribution in [0.3, 0.4) is 0 Å². The van der Waals surface area contributed by atoms with Crippen molar-refractivity contribution in [3.05, 3.63) is 41.0 Å². The van der Waals surface area contributed by atoms with E-state index in [0.29, 0.717) is 13.2 Å². The third-order valence-corrected chi connectivity index (χ3v) is 3.21. The second kappa shape index (κ2) is 5.83. The number of esters is 1. The summed E-state index contributed by atoms with van der Waals surface area (Å²) in [6, 6.07) is 8.19. The van der Waals surface area contributed by atoms with Gasteiger partial charge in [0.1, 0.15) is 0 Å². The van der Waals surface area contributed by atoms with E-state index in [4.69, 9.17) is 4.74 Å². The minimum absolute atomic E-state index is 0.192. The smallest absolute Gasteiger partial charge is 0.335 e. The second-order valence-electron chi connectivity index (χ2n) is 4.42. The summed E-state index contributed by atoms with van der Waals surface area (Å²) in [5.41, 5.74) is 4.28. The molecule has 3 heteroatoms. The van der Waals surface area contributed by atoms with Crippen LogP contribution in [0.4, 0.5) is 0 Å². The number of carbonyl (C=O) groups excluding carboxylic acids is 1. The molecule has 1 aliphatic heterocycles. The molecule has 3 nitrogen and oxygen atoms in total. The van der Waals surface area contributed by atoms with Gasteiger partial charge in [0.05, 0.1) is 12.2 Å². The third kappa shape index (κ3) is 2.62. The van der Waals surface area contributed by atoms with E-state index in [9.17, 15) is 4.79 Å². The van der Waals surface area contributed by atoms with Crippen molar-refractivity contribution in [2.24, 2.45) is 0 Å². The maximum absolute atomic E-state index is 12.0. The highest BCUT2D eigenvalue weighted by molar-refractivity contribution is 5.99. The minimum atomic E-state index is -0.192. The Morgan fingerprint density at radius 2 is 2.17 bits per heavy atom. The van der Waals surface area contributed by atoms with Gasteiger partial charge in [-0.05, 0) is 43.5 Å². The Hall–Kier alpha value is -1.61. The Morgan fingerprint density at radius 3 is 2.89 bits per heavy atom. The SMILES string of the molecule is CCOC(=O)C1=C(c2ccccc2C)CCNC1. The zero-order valence-electron chi connectivity index (χ0n) is 11.0. The lowest BCUT2D eigenvalue weighted by Gasteiger charge is -2.21. The van der Waals surface area contributed by atoms with Gasteiger partial charge in [0, 0.05) is 6.54 Å². The van der Waals surface area contributed by atoms with Crippen LogP contribution in [0.15, 0.2) is 29.8 Å². The molecule has 0 radical (unpaired) electrons. The monoisotopic (exact) mass is 245 g/mol. The predicted octanol–water partition coefficient (Wildman–Crippen LogP) is 2.31. The van der Waals surface area contributed by atoms with E-state index >= 15 is 0 Å². The van der Waals surface area contributed by atoms with Crippen molar-refractivity contribution in [3.8, 4) is 0 Å². The van der Waals surface area contributed by atoms with Crippen LogP contribution in [0.25, 0.3) is 5.57 Å². The number of nitrogens with one attached hydrogen (secondary N) is 1. The first-order chi connectivity index (χ1) is 8.74. The molecule has 0 spiro atoms. The lowest BCUT2D eigenvalue weighted by atomic mass is 9.91. The molecule has 1 N–H and O–H groups in total. The molecule has 96 valence electrons. The van der Waals surface area contributed by atoms with Crippen LogP contribution in [0.1, 0.15) is 24.5 Å². The first kappa shape index (κ1) is 12.8. The number of hydrogen-bond donors (Lipinski definition) is 1. The molecule has 18 heavy (non-hydrogen) atoms. The van der Waals surface area contributed by atoms with Crippen LogP contribution in [0.5, 0.6) is 0 Å². The number of carbonyl (C=O) groups is 1. The molecule has 2 rings (SSSR count). The highest BCUT2D eigenvalue weighted by atomic mass is 16.5. The average molecular weight is 245 g/mol. The quantitative estimate of drug-likeness (QED) is 0.830. The lowest BCUT2D eigenvalue weighted by Crippen LogP contribution is -2.29. The highest BCUT2D eigenvalue weighted by Crippen LogP contribution is 2.27. The van der Waals surface area contributed by atoms with Gasteiger partial charge in [-0.15, -0.1) is 0 Å². The Labute approximate surface area is 108 Å². The summed E-state index contributed by atoms with van der Waals surface area (Å²) in [5.74, 6) is -0.192. The molecular formula is C15H19NO2. The van der Waals surface area contributed by atoms with Gasteiger partial charge in [-0.3, -0.25) is 0 Å². The van der Waals surface area contributed by atoms with Gasteiger partial charge in [0.2, 0.25) is 0 Å². The van der Waals surface area contributed by atoms with E-state index in [1.807, 2.05) is 19.1 Å². The van der Waals surface area contributed by atoms with Gasteiger partial charge in [-0.2, -0.15) is 0 Å². The van der Waals surface area contributed by atoms with Crippen molar-refractivity contribution in [2.75, 3.05) is 19.7 Å². The van der Waals surface area contributed by atoms with E-state index in [1.165, 1.54) is 11.1 Å². The van der Waals surface area contributed by atoms with E-state index in [2.05, 4.69) is 24.4 Å². The fraction of sp³-hybridized carbons (Fsp3) is 0.400. The molecule has 1 aliphatic rings. The van der Waals surface area contributed by atoms with Gasteiger partial charge in [-0.25, -0.2) is 4.79 Å². The van der Waals surface area contributed by atoms with Crippen LogP contribution in [0, 0.1) is 6.92 Å². The summed E-state index contributed by atoms with van der Waals surface area (Å²) in [5, 5.41) is 3.23. The summed E-state index contributed by atoms with van der Waals surface area (Å²) < 4.78 is 5.14. The van der Waals surface area contributed by atoms with Crippen LogP contribution in [-0.4, -0.2) is 25.7 Å². The summed E-state index contributed by atoms with van der Waals surface area (Å²) in [4.78, 5) is 12.0. The maximum Gasteiger partial charge on any atom is 0.335 e. The fourth-order valence-corrected chi connectivity index (χ4v) is 2.31. The van der Waals surface area contributed by atoms with Crippen molar-refractivity contribution >= 4 is 11.5 Å². The largest absolute Gasteiger partial charge is 0.463 e. The van der Waals surface area contributed by atoms with Crippen LogP contribution in [-0.2, 0) is 9.53 Å². The van der Waals surface area contributed by atoms with Crippen molar-refractivity contribution in [1.29, 1.82) is 0 Å².